The third kappa shape index (κ3) is 2.03. The van der Waals surface area contributed by atoms with Crippen LogP contribution in [-0.2, 0) is 4.79 Å². The standard InChI is InChI=1S/C9H17NO/c1-2-3-8-4-7(6-10)5-9(8)11/h7-8H,2-6,10H2,1H3/t7-,8+/m0/s1. The van der Waals surface area contributed by atoms with Gasteiger partial charge < -0.3 is 5.73 Å². The minimum Gasteiger partial charge on any atom is -0.330 e. The van der Waals surface area contributed by atoms with Crippen molar-refractivity contribution < 1.29 is 4.79 Å². The summed E-state index contributed by atoms with van der Waals surface area (Å²) >= 11 is 0. The molecule has 0 aliphatic heterocycles. The normalized spacial score (nSPS) is 31.3. The maximum atomic E-state index is 11.3. The van der Waals surface area contributed by atoms with Gasteiger partial charge in [0.1, 0.15) is 5.78 Å². The largest absolute Gasteiger partial charge is 0.330 e. The summed E-state index contributed by atoms with van der Waals surface area (Å²) < 4.78 is 0. The van der Waals surface area contributed by atoms with Crippen LogP contribution >= 0.6 is 0 Å². The molecule has 1 rings (SSSR count). The van der Waals surface area contributed by atoms with Crippen LogP contribution in [0.25, 0.3) is 0 Å². The van der Waals surface area contributed by atoms with Gasteiger partial charge in [0, 0.05) is 12.3 Å². The van der Waals surface area contributed by atoms with Gasteiger partial charge in [-0.25, -0.2) is 0 Å². The summed E-state index contributed by atoms with van der Waals surface area (Å²) in [6.07, 6.45) is 3.97. The molecule has 0 bridgehead atoms. The van der Waals surface area contributed by atoms with Gasteiger partial charge in [-0.3, -0.25) is 4.79 Å². The molecule has 0 spiro atoms. The molecule has 1 aliphatic carbocycles. The number of hydrogen-bond donors (Lipinski definition) is 1. The molecule has 0 aromatic heterocycles. The molecule has 11 heavy (non-hydrogen) atoms. The molecule has 1 saturated carbocycles. The van der Waals surface area contributed by atoms with Gasteiger partial charge in [-0.15, -0.1) is 0 Å². The van der Waals surface area contributed by atoms with Crippen LogP contribution < -0.4 is 5.73 Å². The van der Waals surface area contributed by atoms with Gasteiger partial charge in [-0.2, -0.15) is 0 Å². The SMILES string of the molecule is CCC[C@@H]1C[C@H](CN)CC1=O. The molecule has 2 nitrogen and oxygen atoms in total. The minimum atomic E-state index is 0.341. The Hall–Kier alpha value is -0.370. The van der Waals surface area contributed by atoms with Gasteiger partial charge in [0.15, 0.2) is 0 Å². The quantitative estimate of drug-likeness (QED) is 0.668. The smallest absolute Gasteiger partial charge is 0.136 e. The predicted octanol–water partition coefficient (Wildman–Crippen LogP) is 1.34. The van der Waals surface area contributed by atoms with E-state index >= 15 is 0 Å². The molecule has 64 valence electrons. The average molecular weight is 155 g/mol. The lowest BCUT2D eigenvalue weighted by atomic mass is 10.00. The van der Waals surface area contributed by atoms with Crippen LogP contribution in [0.3, 0.4) is 0 Å². The maximum absolute atomic E-state index is 11.3. The molecule has 2 heteroatoms. The Morgan fingerprint density at radius 2 is 2.36 bits per heavy atom. The fourth-order valence-corrected chi connectivity index (χ4v) is 1.88. The highest BCUT2D eigenvalue weighted by Gasteiger charge is 2.30. The van der Waals surface area contributed by atoms with Crippen LogP contribution in [0, 0.1) is 11.8 Å². The molecular formula is C9H17NO. The van der Waals surface area contributed by atoms with E-state index in [4.69, 9.17) is 5.73 Å². The predicted molar refractivity (Wildman–Crippen MR) is 45.2 cm³/mol. The molecule has 0 saturated heterocycles. The monoisotopic (exact) mass is 155 g/mol. The lowest BCUT2D eigenvalue weighted by molar-refractivity contribution is -0.120. The van der Waals surface area contributed by atoms with E-state index in [0.29, 0.717) is 24.2 Å². The summed E-state index contributed by atoms with van der Waals surface area (Å²) in [5.74, 6) is 1.27. The van der Waals surface area contributed by atoms with Crippen molar-refractivity contribution in [2.45, 2.75) is 32.6 Å². The number of carbonyl (C=O) groups is 1. The van der Waals surface area contributed by atoms with E-state index in [2.05, 4.69) is 6.92 Å². The second kappa shape index (κ2) is 3.86. The molecule has 1 aliphatic rings. The Morgan fingerprint density at radius 1 is 1.64 bits per heavy atom. The van der Waals surface area contributed by atoms with Gasteiger partial charge in [-0.05, 0) is 25.3 Å². The first-order valence-corrected chi connectivity index (χ1v) is 4.50. The zero-order chi connectivity index (χ0) is 8.27. The number of hydrogen-bond acceptors (Lipinski definition) is 2. The van der Waals surface area contributed by atoms with Crippen molar-refractivity contribution in [3.8, 4) is 0 Å². The highest BCUT2D eigenvalue weighted by molar-refractivity contribution is 5.83. The number of rotatable bonds is 3. The van der Waals surface area contributed by atoms with Crippen LogP contribution in [0.2, 0.25) is 0 Å². The average Bonchev–Trinajstić information content (AvgIpc) is 2.33. The second-order valence-corrected chi connectivity index (χ2v) is 3.49. The van der Waals surface area contributed by atoms with Gasteiger partial charge in [-0.1, -0.05) is 13.3 Å². The van der Waals surface area contributed by atoms with Gasteiger partial charge in [0.05, 0.1) is 0 Å². The van der Waals surface area contributed by atoms with Crippen molar-refractivity contribution >= 4 is 5.78 Å². The molecule has 0 aromatic rings. The van der Waals surface area contributed by atoms with E-state index in [0.717, 1.165) is 25.7 Å². The summed E-state index contributed by atoms with van der Waals surface area (Å²) in [6, 6.07) is 0. The summed E-state index contributed by atoms with van der Waals surface area (Å²) in [7, 11) is 0. The minimum absolute atomic E-state index is 0.341. The number of nitrogens with two attached hydrogens (primary N) is 1. The van der Waals surface area contributed by atoms with Crippen molar-refractivity contribution in [1.82, 2.24) is 0 Å². The highest BCUT2D eigenvalue weighted by Crippen LogP contribution is 2.29. The molecule has 0 aromatic carbocycles. The third-order valence-electron chi connectivity index (χ3n) is 2.53. The highest BCUT2D eigenvalue weighted by atomic mass is 16.1. The Kier molecular flexibility index (Phi) is 3.06. The Morgan fingerprint density at radius 3 is 2.82 bits per heavy atom. The van der Waals surface area contributed by atoms with Crippen molar-refractivity contribution in [3.63, 3.8) is 0 Å². The van der Waals surface area contributed by atoms with E-state index in [1.807, 2.05) is 0 Å². The van der Waals surface area contributed by atoms with Crippen molar-refractivity contribution in [2.24, 2.45) is 17.6 Å². The van der Waals surface area contributed by atoms with Gasteiger partial charge in [0.2, 0.25) is 0 Å². The maximum Gasteiger partial charge on any atom is 0.136 e. The fourth-order valence-electron chi connectivity index (χ4n) is 1.88. The van der Waals surface area contributed by atoms with Crippen molar-refractivity contribution in [2.75, 3.05) is 6.54 Å². The molecule has 0 radical (unpaired) electrons. The third-order valence-corrected chi connectivity index (χ3v) is 2.53. The Bertz CT molecular complexity index is 144. The number of ketones is 1. The first-order valence-electron chi connectivity index (χ1n) is 4.50. The number of carbonyl (C=O) groups excluding carboxylic acids is 1. The molecule has 1 fully saturated rings. The first kappa shape index (κ1) is 8.72. The molecule has 0 unspecified atom stereocenters. The van der Waals surface area contributed by atoms with E-state index in [1.54, 1.807) is 0 Å². The summed E-state index contributed by atoms with van der Waals surface area (Å²) in [4.78, 5) is 11.3. The van der Waals surface area contributed by atoms with Crippen LogP contribution in [0.15, 0.2) is 0 Å². The van der Waals surface area contributed by atoms with Crippen molar-refractivity contribution in [3.05, 3.63) is 0 Å². The summed E-state index contributed by atoms with van der Waals surface area (Å²) in [5.41, 5.74) is 5.50. The van der Waals surface area contributed by atoms with Crippen LogP contribution in [0.4, 0.5) is 0 Å². The zero-order valence-corrected chi connectivity index (χ0v) is 7.18. The molecule has 2 atom stereocenters. The zero-order valence-electron chi connectivity index (χ0n) is 7.18. The Labute approximate surface area is 68.2 Å². The summed E-state index contributed by atoms with van der Waals surface area (Å²) in [5, 5.41) is 0. The second-order valence-electron chi connectivity index (χ2n) is 3.49. The van der Waals surface area contributed by atoms with Gasteiger partial charge >= 0.3 is 0 Å². The lowest BCUT2D eigenvalue weighted by Gasteiger charge is -2.05. The van der Waals surface area contributed by atoms with E-state index in [1.165, 1.54) is 0 Å². The molecule has 0 amide bonds. The first-order chi connectivity index (χ1) is 5.27. The van der Waals surface area contributed by atoms with E-state index < -0.39 is 0 Å². The molecular weight excluding hydrogens is 138 g/mol. The van der Waals surface area contributed by atoms with Gasteiger partial charge in [0.25, 0.3) is 0 Å². The molecule has 2 N–H and O–H groups in total. The topological polar surface area (TPSA) is 43.1 Å². The molecule has 0 heterocycles. The van der Waals surface area contributed by atoms with E-state index in [-0.39, 0.29) is 0 Å². The van der Waals surface area contributed by atoms with Crippen LogP contribution in [-0.4, -0.2) is 12.3 Å². The van der Waals surface area contributed by atoms with E-state index in [9.17, 15) is 4.79 Å². The van der Waals surface area contributed by atoms with Crippen LogP contribution in [0.5, 0.6) is 0 Å². The van der Waals surface area contributed by atoms with Crippen LogP contribution in [0.1, 0.15) is 32.6 Å². The summed E-state index contributed by atoms with van der Waals surface area (Å²) in [6.45, 7) is 2.81. The fraction of sp³-hybridized carbons (Fsp3) is 0.889. The number of Topliss-reactive ketones (excluding diaryl/α,β-unsaturated/α-hetero) is 1. The van der Waals surface area contributed by atoms with Crippen molar-refractivity contribution in [1.29, 1.82) is 0 Å². The lowest BCUT2D eigenvalue weighted by Crippen LogP contribution is -2.10. The Balaban J connectivity index is 2.38.